The number of benzene rings is 1. The Morgan fingerprint density at radius 1 is 1.16 bits per heavy atom. The van der Waals surface area contributed by atoms with Gasteiger partial charge in [-0.25, -0.2) is 0 Å². The van der Waals surface area contributed by atoms with Gasteiger partial charge in [0.1, 0.15) is 0 Å². The molecule has 1 atom stereocenters. The minimum absolute atomic E-state index is 0.0916. The normalized spacial score (nSPS) is 22.6. The number of hydrogen-bond acceptors (Lipinski definition) is 4. The van der Waals surface area contributed by atoms with Crippen LogP contribution in [0.4, 0.5) is 5.69 Å². The quantitative estimate of drug-likeness (QED) is 0.891. The zero-order chi connectivity index (χ0) is 17.2. The second-order valence-corrected chi connectivity index (χ2v) is 7.27. The highest BCUT2D eigenvalue weighted by atomic mass is 16.7. The van der Waals surface area contributed by atoms with Crippen molar-refractivity contribution in [3.8, 4) is 11.5 Å². The largest absolute Gasteiger partial charge is 0.454 e. The van der Waals surface area contributed by atoms with E-state index < -0.39 is 0 Å². The summed E-state index contributed by atoms with van der Waals surface area (Å²) < 4.78 is 10.7. The van der Waals surface area contributed by atoms with Crippen molar-refractivity contribution in [1.82, 2.24) is 5.32 Å². The molecule has 25 heavy (non-hydrogen) atoms. The molecule has 2 heterocycles. The van der Waals surface area contributed by atoms with Gasteiger partial charge in [0.2, 0.25) is 18.6 Å². The molecule has 1 aromatic rings. The molecule has 4 rings (SSSR count). The number of carbonyl (C=O) groups excluding carboxylic acids is 2. The average molecular weight is 344 g/mol. The molecule has 1 aromatic carbocycles. The maximum Gasteiger partial charge on any atom is 0.231 e. The van der Waals surface area contributed by atoms with E-state index in [1.807, 2.05) is 18.2 Å². The zero-order valence-corrected chi connectivity index (χ0v) is 14.3. The first-order valence-electron chi connectivity index (χ1n) is 9.16. The standard InChI is InChI=1S/C19H24N2O4/c22-18(7-13-3-1-2-4-13)20-10-14-8-19(23)21(11-14)15-5-6-16-17(9-15)25-12-24-16/h5-6,9,13-14H,1-4,7-8,10-12H2,(H,20,22)/t14-/m0/s1. The van der Waals surface area contributed by atoms with E-state index >= 15 is 0 Å². The summed E-state index contributed by atoms with van der Waals surface area (Å²) in [7, 11) is 0. The van der Waals surface area contributed by atoms with Gasteiger partial charge in [0.15, 0.2) is 11.5 Å². The second-order valence-electron chi connectivity index (χ2n) is 7.27. The Morgan fingerprint density at radius 3 is 2.80 bits per heavy atom. The molecule has 1 N–H and O–H groups in total. The van der Waals surface area contributed by atoms with Gasteiger partial charge in [0.25, 0.3) is 0 Å². The number of ether oxygens (including phenoxy) is 2. The summed E-state index contributed by atoms with van der Waals surface area (Å²) in [6.07, 6.45) is 5.95. The van der Waals surface area contributed by atoms with Crippen LogP contribution in [0.3, 0.4) is 0 Å². The van der Waals surface area contributed by atoms with Crippen LogP contribution in [-0.2, 0) is 9.59 Å². The fourth-order valence-electron chi connectivity index (χ4n) is 4.03. The van der Waals surface area contributed by atoms with Crippen LogP contribution in [-0.4, -0.2) is 31.7 Å². The van der Waals surface area contributed by atoms with Gasteiger partial charge in [-0.3, -0.25) is 9.59 Å². The van der Waals surface area contributed by atoms with Crippen LogP contribution in [0.1, 0.15) is 38.5 Å². The molecule has 6 nitrogen and oxygen atoms in total. The molecule has 2 amide bonds. The summed E-state index contributed by atoms with van der Waals surface area (Å²) in [4.78, 5) is 26.2. The molecular formula is C19H24N2O4. The van der Waals surface area contributed by atoms with Gasteiger partial charge in [-0.1, -0.05) is 12.8 Å². The number of hydrogen-bond donors (Lipinski definition) is 1. The van der Waals surface area contributed by atoms with E-state index in [0.29, 0.717) is 43.3 Å². The topological polar surface area (TPSA) is 67.9 Å². The van der Waals surface area contributed by atoms with E-state index in [-0.39, 0.29) is 24.5 Å². The lowest BCUT2D eigenvalue weighted by molar-refractivity contribution is -0.122. The van der Waals surface area contributed by atoms with Gasteiger partial charge in [-0.05, 0) is 30.9 Å². The van der Waals surface area contributed by atoms with Crippen LogP contribution in [0.15, 0.2) is 18.2 Å². The molecular weight excluding hydrogens is 320 g/mol. The van der Waals surface area contributed by atoms with E-state index in [4.69, 9.17) is 9.47 Å². The van der Waals surface area contributed by atoms with Gasteiger partial charge in [0.05, 0.1) is 0 Å². The Hall–Kier alpha value is -2.24. The maximum absolute atomic E-state index is 12.3. The van der Waals surface area contributed by atoms with Crippen molar-refractivity contribution in [2.45, 2.75) is 38.5 Å². The van der Waals surface area contributed by atoms with E-state index in [1.165, 1.54) is 25.7 Å². The molecule has 0 unspecified atom stereocenters. The Bertz CT molecular complexity index is 669. The molecule has 1 saturated carbocycles. The van der Waals surface area contributed by atoms with Crippen molar-refractivity contribution in [3.05, 3.63) is 18.2 Å². The summed E-state index contributed by atoms with van der Waals surface area (Å²) in [6.45, 7) is 1.42. The SMILES string of the molecule is O=C(CC1CCCC1)NC[C@@H]1CC(=O)N(c2ccc3c(c2)OCO3)C1. The van der Waals surface area contributed by atoms with Crippen LogP contribution in [0.2, 0.25) is 0 Å². The highest BCUT2D eigenvalue weighted by molar-refractivity contribution is 5.96. The smallest absolute Gasteiger partial charge is 0.231 e. The molecule has 1 aliphatic carbocycles. The van der Waals surface area contributed by atoms with Crippen LogP contribution in [0.5, 0.6) is 11.5 Å². The number of carbonyl (C=O) groups is 2. The monoisotopic (exact) mass is 344 g/mol. The van der Waals surface area contributed by atoms with E-state index in [0.717, 1.165) is 5.69 Å². The summed E-state index contributed by atoms with van der Waals surface area (Å²) in [5.41, 5.74) is 0.828. The third-order valence-electron chi connectivity index (χ3n) is 5.41. The fraction of sp³-hybridized carbons (Fsp3) is 0.579. The Labute approximate surface area is 147 Å². The summed E-state index contributed by atoms with van der Waals surface area (Å²) in [5, 5.41) is 3.02. The van der Waals surface area contributed by atoms with Crippen molar-refractivity contribution < 1.29 is 19.1 Å². The Balaban J connectivity index is 1.30. The molecule has 0 aromatic heterocycles. The summed E-state index contributed by atoms with van der Waals surface area (Å²) in [5.74, 6) is 2.32. The molecule has 2 fully saturated rings. The fourth-order valence-corrected chi connectivity index (χ4v) is 4.03. The van der Waals surface area contributed by atoms with Gasteiger partial charge in [-0.2, -0.15) is 0 Å². The average Bonchev–Trinajstić information content (AvgIpc) is 3.33. The van der Waals surface area contributed by atoms with Crippen LogP contribution < -0.4 is 19.7 Å². The molecule has 0 radical (unpaired) electrons. The lowest BCUT2D eigenvalue weighted by Crippen LogP contribution is -2.32. The first kappa shape index (κ1) is 16.2. The van der Waals surface area contributed by atoms with Crippen LogP contribution in [0, 0.1) is 11.8 Å². The Kier molecular flexibility index (Phi) is 4.51. The van der Waals surface area contributed by atoms with Crippen molar-refractivity contribution in [2.24, 2.45) is 11.8 Å². The van der Waals surface area contributed by atoms with E-state index in [9.17, 15) is 9.59 Å². The molecule has 0 spiro atoms. The third kappa shape index (κ3) is 3.57. The van der Waals surface area contributed by atoms with Crippen molar-refractivity contribution in [1.29, 1.82) is 0 Å². The van der Waals surface area contributed by atoms with Crippen molar-refractivity contribution in [2.75, 3.05) is 24.8 Å². The lowest BCUT2D eigenvalue weighted by Gasteiger charge is -2.17. The second kappa shape index (κ2) is 6.94. The minimum Gasteiger partial charge on any atom is -0.454 e. The van der Waals surface area contributed by atoms with E-state index in [2.05, 4.69) is 5.32 Å². The first-order valence-corrected chi connectivity index (χ1v) is 9.16. The molecule has 2 aliphatic heterocycles. The Morgan fingerprint density at radius 2 is 1.96 bits per heavy atom. The lowest BCUT2D eigenvalue weighted by atomic mass is 10.0. The first-order chi connectivity index (χ1) is 12.2. The summed E-state index contributed by atoms with van der Waals surface area (Å²) >= 11 is 0. The predicted molar refractivity (Wildman–Crippen MR) is 92.6 cm³/mol. The highest BCUT2D eigenvalue weighted by Gasteiger charge is 2.32. The number of fused-ring (bicyclic) bond motifs is 1. The third-order valence-corrected chi connectivity index (χ3v) is 5.41. The number of nitrogens with one attached hydrogen (secondary N) is 1. The van der Waals surface area contributed by atoms with Crippen molar-refractivity contribution in [3.63, 3.8) is 0 Å². The summed E-state index contributed by atoms with van der Waals surface area (Å²) in [6, 6.07) is 5.56. The maximum atomic E-state index is 12.3. The zero-order valence-electron chi connectivity index (χ0n) is 14.3. The molecule has 134 valence electrons. The predicted octanol–water partition coefficient (Wildman–Crippen LogP) is 2.46. The number of nitrogens with zero attached hydrogens (tertiary/aromatic N) is 1. The van der Waals surface area contributed by atoms with Gasteiger partial charge in [0, 0.05) is 43.6 Å². The minimum atomic E-state index is 0.0916. The van der Waals surface area contributed by atoms with Gasteiger partial charge < -0.3 is 19.7 Å². The highest BCUT2D eigenvalue weighted by Crippen LogP contribution is 2.37. The number of amides is 2. The number of anilines is 1. The molecule has 0 bridgehead atoms. The van der Waals surface area contributed by atoms with Gasteiger partial charge >= 0.3 is 0 Å². The van der Waals surface area contributed by atoms with E-state index in [1.54, 1.807) is 4.90 Å². The van der Waals surface area contributed by atoms with Gasteiger partial charge in [-0.15, -0.1) is 0 Å². The molecule has 1 saturated heterocycles. The molecule has 6 heteroatoms. The number of rotatable bonds is 5. The van der Waals surface area contributed by atoms with Crippen LogP contribution >= 0.6 is 0 Å². The van der Waals surface area contributed by atoms with Crippen LogP contribution in [0.25, 0.3) is 0 Å². The van der Waals surface area contributed by atoms with Crippen molar-refractivity contribution >= 4 is 17.5 Å². The molecule has 3 aliphatic rings.